The number of carbonyl (C=O) groups excluding carboxylic acids is 3. The van der Waals surface area contributed by atoms with Crippen molar-refractivity contribution in [2.75, 3.05) is 7.11 Å². The number of carbonyl (C=O) groups is 3. The lowest BCUT2D eigenvalue weighted by molar-refractivity contribution is -0.140. The molecule has 0 radical (unpaired) electrons. The number of para-hydroxylation sites is 1. The fourth-order valence-electron chi connectivity index (χ4n) is 1.42. The van der Waals surface area contributed by atoms with E-state index in [0.29, 0.717) is 0 Å². The van der Waals surface area contributed by atoms with Gasteiger partial charge in [0.25, 0.3) is 0 Å². The molecule has 1 aromatic rings. The van der Waals surface area contributed by atoms with E-state index in [0.717, 1.165) is 0 Å². The molecular weight excluding hydrogens is 423 g/mol. The first-order chi connectivity index (χ1) is 12.3. The molecule has 0 fully saturated rings. The molecule has 1 aromatic carbocycles. The number of esters is 3. The number of ether oxygens (including phenoxy) is 3. The first-order valence-electron chi connectivity index (χ1n) is 7.56. The van der Waals surface area contributed by atoms with E-state index in [-0.39, 0.29) is 23.0 Å². The molecule has 0 saturated heterocycles. The Morgan fingerprint density at radius 2 is 1.37 bits per heavy atom. The van der Waals surface area contributed by atoms with Crippen LogP contribution in [0.5, 0.6) is 11.5 Å². The molecule has 11 heteroatoms. The Hall–Kier alpha value is -1.84. The SMILES string of the molecule is COC(=O)c1cccc(OC(=O)C(C)C)c1OC(=O)C(C)C.O=S(=O)(Cl)Cl. The lowest BCUT2D eigenvalue weighted by Gasteiger charge is -2.15. The summed E-state index contributed by atoms with van der Waals surface area (Å²) in [5, 5.41) is 0. The fraction of sp³-hybridized carbons (Fsp3) is 0.438. The van der Waals surface area contributed by atoms with Crippen LogP contribution in [0.15, 0.2) is 18.2 Å². The normalized spacial score (nSPS) is 10.7. The highest BCUT2D eigenvalue weighted by atomic mass is 36.0. The van der Waals surface area contributed by atoms with Crippen molar-refractivity contribution in [3.8, 4) is 11.5 Å². The molecule has 0 aliphatic carbocycles. The third-order valence-corrected chi connectivity index (χ3v) is 2.74. The summed E-state index contributed by atoms with van der Waals surface area (Å²) in [5.74, 6) is -2.59. The average molecular weight is 443 g/mol. The maximum Gasteiger partial charge on any atom is 0.341 e. The van der Waals surface area contributed by atoms with Crippen LogP contribution < -0.4 is 9.47 Å². The van der Waals surface area contributed by atoms with Gasteiger partial charge in [-0.25, -0.2) is 4.79 Å². The summed E-state index contributed by atoms with van der Waals surface area (Å²) in [6.07, 6.45) is 0. The van der Waals surface area contributed by atoms with Gasteiger partial charge in [-0.15, -0.1) is 0 Å². The summed E-state index contributed by atoms with van der Waals surface area (Å²) >= 11 is 0. The van der Waals surface area contributed by atoms with E-state index < -0.39 is 32.1 Å². The molecule has 1 rings (SSSR count). The van der Waals surface area contributed by atoms with Crippen molar-refractivity contribution >= 4 is 47.5 Å². The maximum atomic E-state index is 11.8. The van der Waals surface area contributed by atoms with Gasteiger partial charge in [0.05, 0.1) is 18.9 Å². The van der Waals surface area contributed by atoms with E-state index in [1.165, 1.54) is 25.3 Å². The van der Waals surface area contributed by atoms with Crippen molar-refractivity contribution in [1.29, 1.82) is 0 Å². The minimum atomic E-state index is -3.72. The summed E-state index contributed by atoms with van der Waals surface area (Å²) in [6.45, 7) is 6.66. The van der Waals surface area contributed by atoms with Crippen LogP contribution >= 0.6 is 21.4 Å². The third kappa shape index (κ3) is 10.2. The van der Waals surface area contributed by atoms with E-state index in [2.05, 4.69) is 26.1 Å². The number of methoxy groups -OCH3 is 1. The maximum absolute atomic E-state index is 11.8. The monoisotopic (exact) mass is 442 g/mol. The molecule has 0 saturated carbocycles. The van der Waals surface area contributed by atoms with Crippen LogP contribution in [-0.4, -0.2) is 33.4 Å². The lowest BCUT2D eigenvalue weighted by atomic mass is 10.1. The molecule has 0 unspecified atom stereocenters. The molecule has 0 amide bonds. The molecule has 0 aliphatic heterocycles. The van der Waals surface area contributed by atoms with E-state index in [1.54, 1.807) is 27.7 Å². The number of rotatable bonds is 5. The zero-order valence-corrected chi connectivity index (χ0v) is 17.6. The molecule has 0 N–H and O–H groups in total. The van der Waals surface area contributed by atoms with Crippen molar-refractivity contribution in [2.45, 2.75) is 27.7 Å². The Morgan fingerprint density at radius 1 is 0.926 bits per heavy atom. The first kappa shape index (κ1) is 25.2. The summed E-state index contributed by atoms with van der Waals surface area (Å²) in [4.78, 5) is 35.4. The standard InChI is InChI=1S/C16H20O6.Cl2O2S/c1-9(2)14(17)21-12-8-6-7-11(16(19)20-5)13(12)22-15(18)10(3)4;1-5(2,3)4/h6-10H,1-5H3;. The lowest BCUT2D eigenvalue weighted by Crippen LogP contribution is -2.20. The molecule has 0 heterocycles. The Balaban J connectivity index is 0.00000119. The molecular formula is C16H20Cl2O8S. The highest BCUT2D eigenvalue weighted by molar-refractivity contribution is 8.31. The van der Waals surface area contributed by atoms with Crippen molar-refractivity contribution in [1.82, 2.24) is 0 Å². The minimum Gasteiger partial charge on any atom is -0.465 e. The van der Waals surface area contributed by atoms with E-state index in [9.17, 15) is 14.4 Å². The Bertz CT molecular complexity index is 780. The molecule has 8 nitrogen and oxygen atoms in total. The van der Waals surface area contributed by atoms with Crippen LogP contribution in [0.1, 0.15) is 38.1 Å². The van der Waals surface area contributed by atoms with Gasteiger partial charge in [-0.1, -0.05) is 33.8 Å². The van der Waals surface area contributed by atoms with Crippen LogP contribution in [0.25, 0.3) is 0 Å². The second kappa shape index (κ2) is 11.1. The zero-order chi connectivity index (χ0) is 21.4. The molecule has 0 bridgehead atoms. The Morgan fingerprint density at radius 3 is 1.78 bits per heavy atom. The average Bonchev–Trinajstić information content (AvgIpc) is 2.53. The topological polar surface area (TPSA) is 113 Å². The molecule has 0 aromatic heterocycles. The smallest absolute Gasteiger partial charge is 0.341 e. The number of benzene rings is 1. The van der Waals surface area contributed by atoms with Crippen LogP contribution in [0.3, 0.4) is 0 Å². The Kier molecular flexibility index (Phi) is 10.3. The summed E-state index contributed by atoms with van der Waals surface area (Å²) in [6, 6.07) is 4.40. The van der Waals surface area contributed by atoms with Gasteiger partial charge < -0.3 is 14.2 Å². The van der Waals surface area contributed by atoms with Crippen molar-refractivity contribution in [3.63, 3.8) is 0 Å². The van der Waals surface area contributed by atoms with Gasteiger partial charge in [-0.2, -0.15) is 8.42 Å². The van der Waals surface area contributed by atoms with Gasteiger partial charge in [0.2, 0.25) is 0 Å². The van der Waals surface area contributed by atoms with Crippen LogP contribution in [0, 0.1) is 11.8 Å². The quantitative estimate of drug-likeness (QED) is 0.387. The summed E-state index contributed by atoms with van der Waals surface area (Å²) < 4.78 is 33.4. The van der Waals surface area contributed by atoms with Gasteiger partial charge >= 0.3 is 26.2 Å². The predicted octanol–water partition coefficient (Wildman–Crippen LogP) is 3.30. The van der Waals surface area contributed by atoms with E-state index >= 15 is 0 Å². The van der Waals surface area contributed by atoms with Gasteiger partial charge in [0.15, 0.2) is 11.5 Å². The highest BCUT2D eigenvalue weighted by Crippen LogP contribution is 2.33. The third-order valence-electron chi connectivity index (χ3n) is 2.74. The van der Waals surface area contributed by atoms with Crippen LogP contribution in [-0.2, 0) is 22.6 Å². The molecule has 27 heavy (non-hydrogen) atoms. The van der Waals surface area contributed by atoms with Crippen LogP contribution in [0.2, 0.25) is 0 Å². The number of hydrogen-bond donors (Lipinski definition) is 0. The number of hydrogen-bond acceptors (Lipinski definition) is 8. The molecule has 152 valence electrons. The van der Waals surface area contributed by atoms with Gasteiger partial charge in [0, 0.05) is 21.4 Å². The van der Waals surface area contributed by atoms with E-state index in [1.807, 2.05) is 0 Å². The van der Waals surface area contributed by atoms with Gasteiger partial charge in [-0.3, -0.25) is 9.59 Å². The summed E-state index contributed by atoms with van der Waals surface area (Å²) in [5.41, 5.74) is 0.0190. The van der Waals surface area contributed by atoms with Gasteiger partial charge in [-0.05, 0) is 12.1 Å². The second-order valence-corrected chi connectivity index (χ2v) is 9.32. The van der Waals surface area contributed by atoms with E-state index in [4.69, 9.17) is 17.9 Å². The fourth-order valence-corrected chi connectivity index (χ4v) is 1.42. The molecule has 0 spiro atoms. The summed E-state index contributed by atoms with van der Waals surface area (Å²) in [7, 11) is 6.02. The first-order valence-corrected chi connectivity index (χ1v) is 10.7. The number of halogens is 2. The van der Waals surface area contributed by atoms with Crippen LogP contribution in [0.4, 0.5) is 0 Å². The van der Waals surface area contributed by atoms with Crippen molar-refractivity contribution in [3.05, 3.63) is 23.8 Å². The zero-order valence-electron chi connectivity index (χ0n) is 15.3. The molecule has 0 aliphatic rings. The predicted molar refractivity (Wildman–Crippen MR) is 99.4 cm³/mol. The minimum absolute atomic E-state index is 0.00981. The Labute approximate surface area is 166 Å². The molecule has 0 atom stereocenters. The second-order valence-electron chi connectivity index (χ2n) is 5.65. The largest absolute Gasteiger partial charge is 0.465 e. The van der Waals surface area contributed by atoms with Crippen molar-refractivity contribution < 1.29 is 37.0 Å². The van der Waals surface area contributed by atoms with Crippen molar-refractivity contribution in [2.24, 2.45) is 11.8 Å². The highest BCUT2D eigenvalue weighted by Gasteiger charge is 2.24. The van der Waals surface area contributed by atoms with Gasteiger partial charge in [0.1, 0.15) is 5.56 Å².